The number of aryl methyl sites for hydroxylation is 1. The van der Waals surface area contributed by atoms with Crippen LogP contribution < -0.4 is 5.73 Å². The van der Waals surface area contributed by atoms with Crippen molar-refractivity contribution in [3.63, 3.8) is 0 Å². The van der Waals surface area contributed by atoms with Crippen molar-refractivity contribution in [2.45, 2.75) is 17.9 Å². The molecular weight excluding hydrogens is 274 g/mol. The molecule has 0 fully saturated rings. The molecule has 1 atom stereocenters. The van der Waals surface area contributed by atoms with E-state index in [-0.39, 0.29) is 0 Å². The molecule has 0 aliphatic heterocycles. The van der Waals surface area contributed by atoms with Crippen LogP contribution in [0.3, 0.4) is 0 Å². The SMILES string of the molecule is Cc1cccc(C(CN)SCc2ccccc2Cl)c1. The summed E-state index contributed by atoms with van der Waals surface area (Å²) in [5.41, 5.74) is 9.63. The average Bonchev–Trinajstić information content (AvgIpc) is 2.41. The molecule has 3 heteroatoms. The van der Waals surface area contributed by atoms with Crippen LogP contribution >= 0.6 is 23.4 Å². The Morgan fingerprint density at radius 1 is 1.16 bits per heavy atom. The van der Waals surface area contributed by atoms with Gasteiger partial charge in [-0.1, -0.05) is 59.6 Å². The molecule has 0 radical (unpaired) electrons. The number of halogens is 1. The predicted octanol–water partition coefficient (Wildman–Crippen LogP) is 4.58. The van der Waals surface area contributed by atoms with Gasteiger partial charge >= 0.3 is 0 Å². The van der Waals surface area contributed by atoms with Gasteiger partial charge in [-0.3, -0.25) is 0 Å². The Bertz CT molecular complexity index is 542. The molecule has 100 valence electrons. The highest BCUT2D eigenvalue weighted by Crippen LogP contribution is 2.32. The summed E-state index contributed by atoms with van der Waals surface area (Å²) in [5.74, 6) is 0.884. The Kier molecular flexibility index (Phi) is 5.32. The van der Waals surface area contributed by atoms with E-state index in [0.29, 0.717) is 11.8 Å². The average molecular weight is 292 g/mol. The third kappa shape index (κ3) is 4.00. The number of nitrogens with two attached hydrogens (primary N) is 1. The summed E-state index contributed by atoms with van der Waals surface area (Å²) < 4.78 is 0. The zero-order valence-corrected chi connectivity index (χ0v) is 12.5. The van der Waals surface area contributed by atoms with Gasteiger partial charge in [0.05, 0.1) is 0 Å². The van der Waals surface area contributed by atoms with E-state index in [1.54, 1.807) is 0 Å². The second-order valence-electron chi connectivity index (χ2n) is 4.54. The van der Waals surface area contributed by atoms with Crippen molar-refractivity contribution >= 4 is 23.4 Å². The van der Waals surface area contributed by atoms with Gasteiger partial charge in [0.25, 0.3) is 0 Å². The molecule has 0 saturated heterocycles. The zero-order chi connectivity index (χ0) is 13.7. The van der Waals surface area contributed by atoms with E-state index in [1.807, 2.05) is 30.0 Å². The highest BCUT2D eigenvalue weighted by atomic mass is 35.5. The topological polar surface area (TPSA) is 26.0 Å². The van der Waals surface area contributed by atoms with Crippen molar-refractivity contribution < 1.29 is 0 Å². The van der Waals surface area contributed by atoms with Crippen molar-refractivity contribution in [1.82, 2.24) is 0 Å². The maximum absolute atomic E-state index is 6.18. The summed E-state index contributed by atoms with van der Waals surface area (Å²) in [7, 11) is 0. The molecule has 1 unspecified atom stereocenters. The van der Waals surface area contributed by atoms with Crippen LogP contribution in [-0.4, -0.2) is 6.54 Å². The summed E-state index contributed by atoms with van der Waals surface area (Å²) in [6.07, 6.45) is 0. The largest absolute Gasteiger partial charge is 0.329 e. The predicted molar refractivity (Wildman–Crippen MR) is 85.7 cm³/mol. The summed E-state index contributed by atoms with van der Waals surface area (Å²) in [5, 5.41) is 1.14. The molecular formula is C16H18ClNS. The molecule has 0 aliphatic rings. The first-order valence-corrected chi connectivity index (χ1v) is 7.75. The quantitative estimate of drug-likeness (QED) is 0.872. The monoisotopic (exact) mass is 291 g/mol. The second-order valence-corrected chi connectivity index (χ2v) is 6.14. The van der Waals surface area contributed by atoms with Crippen LogP contribution in [0.25, 0.3) is 0 Å². The molecule has 2 aromatic rings. The molecule has 0 bridgehead atoms. The fourth-order valence-electron chi connectivity index (χ4n) is 1.98. The lowest BCUT2D eigenvalue weighted by atomic mass is 10.1. The van der Waals surface area contributed by atoms with E-state index in [9.17, 15) is 0 Å². The lowest BCUT2D eigenvalue weighted by molar-refractivity contribution is 0.938. The van der Waals surface area contributed by atoms with E-state index in [4.69, 9.17) is 17.3 Å². The van der Waals surface area contributed by atoms with Crippen LogP contribution in [-0.2, 0) is 5.75 Å². The first-order valence-electron chi connectivity index (χ1n) is 6.32. The first-order chi connectivity index (χ1) is 9.20. The molecule has 19 heavy (non-hydrogen) atoms. The van der Waals surface area contributed by atoms with Crippen molar-refractivity contribution in [2.75, 3.05) is 6.54 Å². The standard InChI is InChI=1S/C16H18ClNS/c1-12-5-4-7-13(9-12)16(10-18)19-11-14-6-2-3-8-15(14)17/h2-9,16H,10-11,18H2,1H3. The van der Waals surface area contributed by atoms with Gasteiger partial charge in [0.1, 0.15) is 0 Å². The Morgan fingerprint density at radius 3 is 2.63 bits per heavy atom. The minimum atomic E-state index is 0.316. The van der Waals surface area contributed by atoms with Gasteiger partial charge in [0.2, 0.25) is 0 Å². The van der Waals surface area contributed by atoms with Crippen molar-refractivity contribution in [2.24, 2.45) is 5.73 Å². The first kappa shape index (κ1) is 14.4. The Balaban J connectivity index is 2.06. The Morgan fingerprint density at radius 2 is 1.95 bits per heavy atom. The van der Waals surface area contributed by atoms with Gasteiger partial charge in [0, 0.05) is 22.6 Å². The second kappa shape index (κ2) is 6.99. The fourth-order valence-corrected chi connectivity index (χ4v) is 3.37. The minimum Gasteiger partial charge on any atom is -0.329 e. The smallest absolute Gasteiger partial charge is 0.0446 e. The van der Waals surface area contributed by atoms with Gasteiger partial charge in [-0.05, 0) is 24.1 Å². The molecule has 0 aliphatic carbocycles. The molecule has 2 aromatic carbocycles. The van der Waals surface area contributed by atoms with Gasteiger partial charge < -0.3 is 5.73 Å². The maximum Gasteiger partial charge on any atom is 0.0446 e. The highest BCUT2D eigenvalue weighted by Gasteiger charge is 2.11. The van der Waals surface area contributed by atoms with Gasteiger partial charge in [-0.25, -0.2) is 0 Å². The fraction of sp³-hybridized carbons (Fsp3) is 0.250. The number of thioether (sulfide) groups is 1. The number of hydrogen-bond acceptors (Lipinski definition) is 2. The van der Waals surface area contributed by atoms with Crippen LogP contribution in [0.2, 0.25) is 5.02 Å². The molecule has 0 heterocycles. The zero-order valence-electron chi connectivity index (χ0n) is 11.0. The van der Waals surface area contributed by atoms with E-state index in [0.717, 1.165) is 10.8 Å². The summed E-state index contributed by atoms with van der Waals surface area (Å²) >= 11 is 8.02. The van der Waals surface area contributed by atoms with Gasteiger partial charge in [-0.15, -0.1) is 11.8 Å². The summed E-state index contributed by atoms with van der Waals surface area (Å²) in [6.45, 7) is 2.74. The van der Waals surface area contributed by atoms with E-state index < -0.39 is 0 Å². The van der Waals surface area contributed by atoms with Gasteiger partial charge in [-0.2, -0.15) is 0 Å². The lowest BCUT2D eigenvalue weighted by Gasteiger charge is -2.16. The van der Waals surface area contributed by atoms with E-state index >= 15 is 0 Å². The van der Waals surface area contributed by atoms with Crippen LogP contribution in [0, 0.1) is 6.92 Å². The van der Waals surface area contributed by atoms with Crippen LogP contribution in [0.5, 0.6) is 0 Å². The lowest BCUT2D eigenvalue weighted by Crippen LogP contribution is -2.09. The van der Waals surface area contributed by atoms with Crippen LogP contribution in [0.4, 0.5) is 0 Å². The van der Waals surface area contributed by atoms with Gasteiger partial charge in [0.15, 0.2) is 0 Å². The molecule has 0 spiro atoms. The van der Waals surface area contributed by atoms with Crippen LogP contribution in [0.1, 0.15) is 21.9 Å². The number of benzene rings is 2. The van der Waals surface area contributed by atoms with Crippen molar-refractivity contribution in [3.8, 4) is 0 Å². The number of hydrogen-bond donors (Lipinski definition) is 1. The summed E-state index contributed by atoms with van der Waals surface area (Å²) in [6, 6.07) is 16.5. The van der Waals surface area contributed by atoms with Crippen molar-refractivity contribution in [3.05, 3.63) is 70.2 Å². The summed E-state index contributed by atoms with van der Waals surface area (Å²) in [4.78, 5) is 0. The molecule has 0 saturated carbocycles. The van der Waals surface area contributed by atoms with Crippen LogP contribution in [0.15, 0.2) is 48.5 Å². The molecule has 1 nitrogen and oxygen atoms in total. The Hall–Kier alpha value is -0.960. The molecule has 2 rings (SSSR count). The molecule has 0 aromatic heterocycles. The number of rotatable bonds is 5. The maximum atomic E-state index is 6.18. The third-order valence-corrected chi connectivity index (χ3v) is 4.74. The minimum absolute atomic E-state index is 0.316. The molecule has 0 amide bonds. The highest BCUT2D eigenvalue weighted by molar-refractivity contribution is 7.98. The molecule has 2 N–H and O–H groups in total. The Labute approximate surface area is 124 Å². The van der Waals surface area contributed by atoms with E-state index in [1.165, 1.54) is 16.7 Å². The normalized spacial score (nSPS) is 12.4. The van der Waals surface area contributed by atoms with E-state index in [2.05, 4.69) is 37.3 Å². The third-order valence-electron chi connectivity index (χ3n) is 3.03. The van der Waals surface area contributed by atoms with Crippen molar-refractivity contribution in [1.29, 1.82) is 0 Å².